The highest BCUT2D eigenvalue weighted by Crippen LogP contribution is 2.42. The molecule has 1 aliphatic heterocycles. The van der Waals surface area contributed by atoms with Gasteiger partial charge in [0.15, 0.2) is 0 Å². The minimum Gasteiger partial charge on any atom is -0.329 e. The summed E-state index contributed by atoms with van der Waals surface area (Å²) in [6.45, 7) is 4.47. The van der Waals surface area contributed by atoms with Crippen molar-refractivity contribution in [2.24, 2.45) is 5.73 Å². The number of nitrogens with two attached hydrogens (primary N) is 1. The monoisotopic (exact) mass is 272 g/mol. The van der Waals surface area contributed by atoms with E-state index in [1.165, 1.54) is 50.6 Å². The first kappa shape index (κ1) is 14.1. The predicted molar refractivity (Wildman–Crippen MR) is 84.8 cm³/mol. The van der Waals surface area contributed by atoms with Crippen molar-refractivity contribution in [3.05, 3.63) is 35.9 Å². The van der Waals surface area contributed by atoms with Crippen molar-refractivity contribution in [3.8, 4) is 0 Å². The highest BCUT2D eigenvalue weighted by atomic mass is 15.2. The highest BCUT2D eigenvalue weighted by molar-refractivity contribution is 5.21. The summed E-state index contributed by atoms with van der Waals surface area (Å²) in [6.07, 6.45) is 7.84. The van der Waals surface area contributed by atoms with E-state index in [9.17, 15) is 0 Å². The maximum absolute atomic E-state index is 6.22. The number of benzene rings is 1. The van der Waals surface area contributed by atoms with Crippen molar-refractivity contribution < 1.29 is 0 Å². The van der Waals surface area contributed by atoms with Crippen molar-refractivity contribution in [3.63, 3.8) is 0 Å². The van der Waals surface area contributed by atoms with Crippen molar-refractivity contribution in [1.82, 2.24) is 4.90 Å². The molecule has 1 heterocycles. The van der Waals surface area contributed by atoms with Crippen LogP contribution in [-0.4, -0.2) is 29.6 Å². The summed E-state index contributed by atoms with van der Waals surface area (Å²) in [5, 5.41) is 0. The molecule has 2 N–H and O–H groups in total. The molecule has 0 amide bonds. The van der Waals surface area contributed by atoms with E-state index in [1.807, 2.05) is 0 Å². The summed E-state index contributed by atoms with van der Waals surface area (Å²) in [7, 11) is 0. The zero-order valence-corrected chi connectivity index (χ0v) is 12.7. The second-order valence-electron chi connectivity index (χ2n) is 6.80. The topological polar surface area (TPSA) is 29.3 Å². The average molecular weight is 272 g/mol. The molecular weight excluding hydrogens is 244 g/mol. The Labute approximate surface area is 123 Å². The van der Waals surface area contributed by atoms with Gasteiger partial charge < -0.3 is 5.73 Å². The zero-order chi connectivity index (χ0) is 14.0. The van der Waals surface area contributed by atoms with Gasteiger partial charge in [-0.1, -0.05) is 30.3 Å². The summed E-state index contributed by atoms with van der Waals surface area (Å²) in [5.74, 6) is 0.744. The van der Waals surface area contributed by atoms with Gasteiger partial charge in [0.2, 0.25) is 0 Å². The minimum atomic E-state index is 0.293. The van der Waals surface area contributed by atoms with Crippen LogP contribution < -0.4 is 5.73 Å². The third-order valence-corrected chi connectivity index (χ3v) is 5.73. The molecule has 1 unspecified atom stereocenters. The molecule has 0 spiro atoms. The first-order valence-corrected chi connectivity index (χ1v) is 8.27. The molecule has 2 heteroatoms. The quantitative estimate of drug-likeness (QED) is 0.912. The summed E-state index contributed by atoms with van der Waals surface area (Å²) < 4.78 is 0. The second-order valence-corrected chi connectivity index (χ2v) is 6.80. The van der Waals surface area contributed by atoms with Gasteiger partial charge in [0.05, 0.1) is 0 Å². The van der Waals surface area contributed by atoms with Crippen molar-refractivity contribution in [2.45, 2.75) is 62.9 Å². The smallest absolute Gasteiger partial charge is 0.0334 e. The Kier molecular flexibility index (Phi) is 4.13. The molecule has 0 radical (unpaired) electrons. The van der Waals surface area contributed by atoms with E-state index in [1.54, 1.807) is 0 Å². The summed E-state index contributed by atoms with van der Waals surface area (Å²) in [5.41, 5.74) is 8.04. The van der Waals surface area contributed by atoms with Crippen molar-refractivity contribution in [2.75, 3.05) is 13.1 Å². The van der Waals surface area contributed by atoms with Crippen LogP contribution in [0.1, 0.15) is 56.9 Å². The summed E-state index contributed by atoms with van der Waals surface area (Å²) in [6, 6.07) is 11.8. The fraction of sp³-hybridized carbons (Fsp3) is 0.667. The Morgan fingerprint density at radius 3 is 2.40 bits per heavy atom. The lowest BCUT2D eigenvalue weighted by Crippen LogP contribution is -2.56. The lowest BCUT2D eigenvalue weighted by Gasteiger charge is -2.48. The molecule has 1 atom stereocenters. The van der Waals surface area contributed by atoms with Gasteiger partial charge in [-0.2, -0.15) is 0 Å². The van der Waals surface area contributed by atoms with Gasteiger partial charge in [-0.3, -0.25) is 4.90 Å². The predicted octanol–water partition coefficient (Wildman–Crippen LogP) is 3.53. The maximum atomic E-state index is 6.22. The Morgan fingerprint density at radius 2 is 1.85 bits per heavy atom. The average Bonchev–Trinajstić information content (AvgIpc) is 2.95. The third-order valence-electron chi connectivity index (χ3n) is 5.73. The molecule has 2 nitrogen and oxygen atoms in total. The van der Waals surface area contributed by atoms with Crippen LogP contribution in [0.25, 0.3) is 0 Å². The van der Waals surface area contributed by atoms with Crippen LogP contribution in [0.4, 0.5) is 0 Å². The number of nitrogens with zero attached hydrogens (tertiary/aromatic N) is 1. The summed E-state index contributed by atoms with van der Waals surface area (Å²) in [4.78, 5) is 2.73. The Bertz CT molecular complexity index is 420. The van der Waals surface area contributed by atoms with Crippen LogP contribution in [0.3, 0.4) is 0 Å². The van der Waals surface area contributed by atoms with E-state index in [0.29, 0.717) is 5.54 Å². The number of likely N-dealkylation sites (tertiary alicyclic amines) is 1. The van der Waals surface area contributed by atoms with Crippen LogP contribution in [0, 0.1) is 0 Å². The molecule has 2 aliphatic rings. The number of hydrogen-bond acceptors (Lipinski definition) is 2. The largest absolute Gasteiger partial charge is 0.329 e. The van der Waals surface area contributed by atoms with Crippen LogP contribution in [0.15, 0.2) is 30.3 Å². The first-order valence-electron chi connectivity index (χ1n) is 8.27. The van der Waals surface area contributed by atoms with Crippen molar-refractivity contribution >= 4 is 0 Å². The van der Waals surface area contributed by atoms with E-state index in [4.69, 9.17) is 5.73 Å². The van der Waals surface area contributed by atoms with Crippen LogP contribution in [-0.2, 0) is 0 Å². The Hall–Kier alpha value is -0.860. The molecule has 1 saturated heterocycles. The van der Waals surface area contributed by atoms with Gasteiger partial charge in [-0.05, 0) is 63.5 Å². The summed E-state index contributed by atoms with van der Waals surface area (Å²) >= 11 is 0. The van der Waals surface area contributed by atoms with E-state index < -0.39 is 0 Å². The van der Waals surface area contributed by atoms with Crippen LogP contribution in [0.2, 0.25) is 0 Å². The highest BCUT2D eigenvalue weighted by Gasteiger charge is 2.42. The fourth-order valence-corrected chi connectivity index (χ4v) is 4.46. The molecule has 110 valence electrons. The minimum absolute atomic E-state index is 0.293. The molecule has 1 aromatic rings. The van der Waals surface area contributed by atoms with E-state index in [-0.39, 0.29) is 0 Å². The molecule has 20 heavy (non-hydrogen) atoms. The molecular formula is C18H28N2. The molecule has 3 rings (SSSR count). The zero-order valence-electron chi connectivity index (χ0n) is 12.7. The lowest BCUT2D eigenvalue weighted by molar-refractivity contribution is 0.0461. The SMILES string of the molecule is CC1CCCN1C1(CN)CCC(c2ccccc2)CC1. The normalized spacial score (nSPS) is 35.3. The fourth-order valence-electron chi connectivity index (χ4n) is 4.46. The molecule has 1 aliphatic carbocycles. The van der Waals surface area contributed by atoms with Gasteiger partial charge in [0, 0.05) is 18.1 Å². The molecule has 1 aromatic carbocycles. The van der Waals surface area contributed by atoms with Crippen molar-refractivity contribution in [1.29, 1.82) is 0 Å². The number of rotatable bonds is 3. The van der Waals surface area contributed by atoms with Gasteiger partial charge in [-0.15, -0.1) is 0 Å². The van der Waals surface area contributed by atoms with Gasteiger partial charge in [0.1, 0.15) is 0 Å². The maximum Gasteiger partial charge on any atom is 0.0334 e. The standard InChI is InChI=1S/C18H28N2/c1-15-6-5-13-20(15)18(14-19)11-9-17(10-12-18)16-7-3-2-4-8-16/h2-4,7-8,15,17H,5-6,9-14,19H2,1H3. The Morgan fingerprint density at radius 1 is 1.15 bits per heavy atom. The lowest BCUT2D eigenvalue weighted by atomic mass is 9.73. The van der Waals surface area contributed by atoms with Gasteiger partial charge in [-0.25, -0.2) is 0 Å². The third kappa shape index (κ3) is 2.51. The van der Waals surface area contributed by atoms with Crippen LogP contribution in [0.5, 0.6) is 0 Å². The molecule has 0 bridgehead atoms. The second kappa shape index (κ2) is 5.87. The molecule has 1 saturated carbocycles. The van der Waals surface area contributed by atoms with Gasteiger partial charge >= 0.3 is 0 Å². The van der Waals surface area contributed by atoms with E-state index >= 15 is 0 Å². The van der Waals surface area contributed by atoms with E-state index in [0.717, 1.165) is 18.5 Å². The van der Waals surface area contributed by atoms with Crippen LogP contribution >= 0.6 is 0 Å². The molecule has 0 aromatic heterocycles. The van der Waals surface area contributed by atoms with E-state index in [2.05, 4.69) is 42.2 Å². The first-order chi connectivity index (χ1) is 9.75. The molecule has 2 fully saturated rings. The van der Waals surface area contributed by atoms with Gasteiger partial charge in [0.25, 0.3) is 0 Å². The Balaban J connectivity index is 1.70. The number of hydrogen-bond donors (Lipinski definition) is 1.